The van der Waals surface area contributed by atoms with Crippen LogP contribution in [0.25, 0.3) is 0 Å². The summed E-state index contributed by atoms with van der Waals surface area (Å²) in [4.78, 5) is 12.3. The van der Waals surface area contributed by atoms with Crippen molar-refractivity contribution >= 4 is 5.97 Å². The first-order valence-electron chi connectivity index (χ1n) is 8.94. The fraction of sp³-hybridized carbons (Fsp3) is 0.318. The van der Waals surface area contributed by atoms with Crippen molar-refractivity contribution in [1.82, 2.24) is 0 Å². The fourth-order valence-corrected chi connectivity index (χ4v) is 3.12. The lowest BCUT2D eigenvalue weighted by Crippen LogP contribution is -2.22. The van der Waals surface area contributed by atoms with Gasteiger partial charge in [-0.2, -0.15) is 0 Å². The van der Waals surface area contributed by atoms with E-state index in [1.54, 1.807) is 14.0 Å². The van der Waals surface area contributed by atoms with Crippen LogP contribution in [0.2, 0.25) is 0 Å². The SMILES string of the molecule is C=C1CO[C@H](c2ccc(OCc3ccccc3)c(OC)c2)[C@H]1C(=O)OCC. The number of carbonyl (C=O) groups is 1. The van der Waals surface area contributed by atoms with Crippen LogP contribution >= 0.6 is 0 Å². The first-order chi connectivity index (χ1) is 13.1. The number of esters is 1. The van der Waals surface area contributed by atoms with E-state index >= 15 is 0 Å². The fourth-order valence-electron chi connectivity index (χ4n) is 3.12. The third-order valence-corrected chi connectivity index (χ3v) is 4.48. The van der Waals surface area contributed by atoms with Crippen molar-refractivity contribution < 1.29 is 23.7 Å². The third-order valence-electron chi connectivity index (χ3n) is 4.48. The van der Waals surface area contributed by atoms with Gasteiger partial charge in [0.15, 0.2) is 11.5 Å². The standard InChI is InChI=1S/C22H24O5/c1-4-25-22(23)20-15(2)13-27-21(20)17-10-11-18(19(12-17)24-3)26-14-16-8-6-5-7-9-16/h5-12,20-21H,2,4,13-14H2,1,3H3/t20-,21+/m0/s1. The summed E-state index contributed by atoms with van der Waals surface area (Å²) in [5, 5.41) is 0. The van der Waals surface area contributed by atoms with Crippen LogP contribution in [0, 0.1) is 5.92 Å². The number of carbonyl (C=O) groups excluding carboxylic acids is 1. The highest BCUT2D eigenvalue weighted by Gasteiger charge is 2.39. The molecule has 1 aliphatic heterocycles. The Hall–Kier alpha value is -2.79. The molecule has 0 spiro atoms. The molecule has 0 bridgehead atoms. The number of methoxy groups -OCH3 is 1. The molecular weight excluding hydrogens is 344 g/mol. The molecule has 142 valence electrons. The minimum atomic E-state index is -0.509. The molecule has 27 heavy (non-hydrogen) atoms. The monoisotopic (exact) mass is 368 g/mol. The smallest absolute Gasteiger partial charge is 0.316 e. The maximum absolute atomic E-state index is 12.3. The Labute approximate surface area is 159 Å². The molecule has 2 aromatic rings. The molecular formula is C22H24O5. The molecule has 0 unspecified atom stereocenters. The van der Waals surface area contributed by atoms with Gasteiger partial charge in [0, 0.05) is 0 Å². The summed E-state index contributed by atoms with van der Waals surface area (Å²) in [6.07, 6.45) is -0.436. The molecule has 5 nitrogen and oxygen atoms in total. The van der Waals surface area contributed by atoms with Gasteiger partial charge in [-0.15, -0.1) is 0 Å². The van der Waals surface area contributed by atoms with E-state index in [0.717, 1.165) is 16.7 Å². The second kappa shape index (κ2) is 8.73. The molecule has 2 atom stereocenters. The molecule has 1 fully saturated rings. The first kappa shape index (κ1) is 19.0. The zero-order valence-corrected chi connectivity index (χ0v) is 15.6. The Bertz CT molecular complexity index is 800. The summed E-state index contributed by atoms with van der Waals surface area (Å²) in [5.41, 5.74) is 2.62. The van der Waals surface area contributed by atoms with Gasteiger partial charge in [0.05, 0.1) is 20.3 Å². The topological polar surface area (TPSA) is 54.0 Å². The van der Waals surface area contributed by atoms with E-state index in [-0.39, 0.29) is 5.97 Å². The van der Waals surface area contributed by atoms with E-state index in [4.69, 9.17) is 18.9 Å². The number of hydrogen-bond acceptors (Lipinski definition) is 5. The van der Waals surface area contributed by atoms with Crippen molar-refractivity contribution in [2.75, 3.05) is 20.3 Å². The van der Waals surface area contributed by atoms with E-state index in [2.05, 4.69) is 6.58 Å². The van der Waals surface area contributed by atoms with Crippen molar-refractivity contribution in [2.24, 2.45) is 5.92 Å². The van der Waals surface area contributed by atoms with Crippen LogP contribution in [0.4, 0.5) is 0 Å². The van der Waals surface area contributed by atoms with Gasteiger partial charge in [-0.3, -0.25) is 4.79 Å². The Balaban J connectivity index is 1.78. The van der Waals surface area contributed by atoms with Crippen molar-refractivity contribution in [3.8, 4) is 11.5 Å². The van der Waals surface area contributed by atoms with Crippen LogP contribution in [0.1, 0.15) is 24.2 Å². The Kier molecular flexibility index (Phi) is 6.14. The van der Waals surface area contributed by atoms with Gasteiger partial charge in [-0.25, -0.2) is 0 Å². The molecule has 0 N–H and O–H groups in total. The van der Waals surface area contributed by atoms with E-state index in [9.17, 15) is 4.79 Å². The summed E-state index contributed by atoms with van der Waals surface area (Å²) in [5.74, 6) is 0.404. The molecule has 2 aromatic carbocycles. The van der Waals surface area contributed by atoms with Gasteiger partial charge < -0.3 is 18.9 Å². The van der Waals surface area contributed by atoms with Crippen molar-refractivity contribution in [3.63, 3.8) is 0 Å². The van der Waals surface area contributed by atoms with E-state index in [1.807, 2.05) is 48.5 Å². The zero-order valence-electron chi connectivity index (χ0n) is 15.6. The van der Waals surface area contributed by atoms with Crippen molar-refractivity contribution in [2.45, 2.75) is 19.6 Å². The summed E-state index contributed by atoms with van der Waals surface area (Å²) < 4.78 is 22.4. The lowest BCUT2D eigenvalue weighted by molar-refractivity contribution is -0.148. The van der Waals surface area contributed by atoms with Crippen molar-refractivity contribution in [3.05, 3.63) is 71.8 Å². The Morgan fingerprint density at radius 2 is 1.96 bits per heavy atom. The lowest BCUT2D eigenvalue weighted by atomic mass is 9.92. The van der Waals surface area contributed by atoms with Crippen molar-refractivity contribution in [1.29, 1.82) is 0 Å². The summed E-state index contributed by atoms with van der Waals surface area (Å²) >= 11 is 0. The molecule has 5 heteroatoms. The largest absolute Gasteiger partial charge is 0.493 e. The average Bonchev–Trinajstić information content (AvgIpc) is 3.08. The van der Waals surface area contributed by atoms with Gasteiger partial charge in [0.1, 0.15) is 18.6 Å². The molecule has 0 radical (unpaired) electrons. The number of rotatable bonds is 7. The highest BCUT2D eigenvalue weighted by molar-refractivity contribution is 5.77. The maximum atomic E-state index is 12.3. The zero-order chi connectivity index (χ0) is 19.2. The minimum Gasteiger partial charge on any atom is -0.493 e. The predicted octanol–water partition coefficient (Wildman–Crippen LogP) is 4.08. The Morgan fingerprint density at radius 3 is 2.67 bits per heavy atom. The lowest BCUT2D eigenvalue weighted by Gasteiger charge is -2.19. The van der Waals surface area contributed by atoms with Crippen LogP contribution in [-0.2, 0) is 20.9 Å². The molecule has 3 rings (SSSR count). The van der Waals surface area contributed by atoms with E-state index in [0.29, 0.717) is 31.3 Å². The normalized spacial score (nSPS) is 19.0. The van der Waals surface area contributed by atoms with Gasteiger partial charge in [-0.05, 0) is 35.8 Å². The predicted molar refractivity (Wildman–Crippen MR) is 102 cm³/mol. The number of ether oxygens (including phenoxy) is 4. The van der Waals surface area contributed by atoms with Gasteiger partial charge in [-0.1, -0.05) is 43.0 Å². The molecule has 0 amide bonds. The highest BCUT2D eigenvalue weighted by atomic mass is 16.5. The second-order valence-electron chi connectivity index (χ2n) is 6.30. The van der Waals surface area contributed by atoms with Gasteiger partial charge >= 0.3 is 5.97 Å². The first-order valence-corrected chi connectivity index (χ1v) is 8.94. The minimum absolute atomic E-state index is 0.312. The molecule has 1 saturated heterocycles. The third kappa shape index (κ3) is 4.31. The molecule has 0 saturated carbocycles. The van der Waals surface area contributed by atoms with Crippen LogP contribution in [0.5, 0.6) is 11.5 Å². The Morgan fingerprint density at radius 1 is 1.19 bits per heavy atom. The molecule has 1 aliphatic rings. The second-order valence-corrected chi connectivity index (χ2v) is 6.30. The summed E-state index contributed by atoms with van der Waals surface area (Å²) in [6.45, 7) is 6.84. The van der Waals surface area contributed by atoms with Gasteiger partial charge in [0.2, 0.25) is 0 Å². The average molecular weight is 368 g/mol. The van der Waals surface area contributed by atoms with Crippen LogP contribution < -0.4 is 9.47 Å². The van der Waals surface area contributed by atoms with Crippen LogP contribution in [0.3, 0.4) is 0 Å². The summed E-state index contributed by atoms with van der Waals surface area (Å²) in [7, 11) is 1.59. The quantitative estimate of drug-likeness (QED) is 0.544. The van der Waals surface area contributed by atoms with Crippen LogP contribution in [0.15, 0.2) is 60.7 Å². The van der Waals surface area contributed by atoms with E-state index < -0.39 is 12.0 Å². The molecule has 0 aromatic heterocycles. The number of hydrogen-bond donors (Lipinski definition) is 0. The number of benzene rings is 2. The highest BCUT2D eigenvalue weighted by Crippen LogP contribution is 2.41. The maximum Gasteiger partial charge on any atom is 0.316 e. The molecule has 0 aliphatic carbocycles. The molecule has 1 heterocycles. The van der Waals surface area contributed by atoms with Gasteiger partial charge in [0.25, 0.3) is 0 Å². The van der Waals surface area contributed by atoms with E-state index in [1.165, 1.54) is 0 Å². The van der Waals surface area contributed by atoms with Crippen LogP contribution in [-0.4, -0.2) is 26.3 Å². The summed E-state index contributed by atoms with van der Waals surface area (Å²) in [6, 6.07) is 15.5.